The number of nitrogens with two attached hydrogens (primary N) is 1. The number of amides is 1. The molecule has 0 spiro atoms. The molecule has 0 aromatic heterocycles. The molecule has 1 rings (SSSR count). The van der Waals surface area contributed by atoms with Crippen LogP contribution in [0.3, 0.4) is 0 Å². The number of carbonyl (C=O) groups is 1. The summed E-state index contributed by atoms with van der Waals surface area (Å²) in [6.07, 6.45) is 0. The molecule has 94 valence electrons. The number of nitrogens with one attached hydrogen (secondary N) is 1. The maximum Gasteiger partial charge on any atom is 0.221 e. The van der Waals surface area contributed by atoms with Gasteiger partial charge >= 0.3 is 0 Å². The Morgan fingerprint density at radius 3 is 2.94 bits per heavy atom. The lowest BCUT2D eigenvalue weighted by atomic mass is 10.2. The van der Waals surface area contributed by atoms with Crippen LogP contribution in [0.2, 0.25) is 0 Å². The third-order valence-corrected chi connectivity index (χ3v) is 3.72. The summed E-state index contributed by atoms with van der Waals surface area (Å²) >= 11 is 1.68. The van der Waals surface area contributed by atoms with E-state index in [2.05, 4.69) is 30.4 Å². The largest absolute Gasteiger partial charge is 0.369 e. The van der Waals surface area contributed by atoms with E-state index in [1.165, 1.54) is 10.5 Å². The molecule has 4 heteroatoms. The lowest BCUT2D eigenvalue weighted by molar-refractivity contribution is -0.120. The minimum Gasteiger partial charge on any atom is -0.369 e. The van der Waals surface area contributed by atoms with E-state index in [4.69, 9.17) is 5.73 Å². The highest BCUT2D eigenvalue weighted by Gasteiger charge is 2.08. The molecule has 0 saturated carbocycles. The Labute approximate surface area is 107 Å². The predicted molar refractivity (Wildman–Crippen MR) is 72.9 cm³/mol. The van der Waals surface area contributed by atoms with Gasteiger partial charge in [0.25, 0.3) is 0 Å². The molecule has 0 heterocycles. The van der Waals surface area contributed by atoms with Gasteiger partial charge in [-0.25, -0.2) is 0 Å². The van der Waals surface area contributed by atoms with Gasteiger partial charge in [0.2, 0.25) is 5.91 Å². The molecular formula is C13H20N2OS. The molecule has 0 saturated heterocycles. The SMILES string of the molecule is CCNCc1cccc(SCC(C)C(N)=O)c1. The van der Waals surface area contributed by atoms with Crippen LogP contribution in [0, 0.1) is 5.92 Å². The standard InChI is InChI=1S/C13H20N2OS/c1-3-15-8-11-5-4-6-12(7-11)17-9-10(2)13(14)16/h4-7,10,15H,3,8-9H2,1-2H3,(H2,14,16). The van der Waals surface area contributed by atoms with Crippen LogP contribution in [-0.2, 0) is 11.3 Å². The maximum atomic E-state index is 10.9. The van der Waals surface area contributed by atoms with Crippen LogP contribution < -0.4 is 11.1 Å². The molecule has 1 atom stereocenters. The summed E-state index contributed by atoms with van der Waals surface area (Å²) in [7, 11) is 0. The highest BCUT2D eigenvalue weighted by atomic mass is 32.2. The van der Waals surface area contributed by atoms with E-state index in [1.54, 1.807) is 11.8 Å². The number of carbonyl (C=O) groups excluding carboxylic acids is 1. The topological polar surface area (TPSA) is 55.1 Å². The zero-order valence-electron chi connectivity index (χ0n) is 10.4. The summed E-state index contributed by atoms with van der Waals surface area (Å²) in [5, 5.41) is 3.29. The Bertz CT molecular complexity index is 368. The predicted octanol–water partition coefficient (Wildman–Crippen LogP) is 2.01. The Hall–Kier alpha value is -1.00. The van der Waals surface area contributed by atoms with Crippen LogP contribution in [0.1, 0.15) is 19.4 Å². The molecule has 0 aliphatic rings. The minimum atomic E-state index is -0.235. The molecule has 0 bridgehead atoms. The van der Waals surface area contributed by atoms with Crippen molar-refractivity contribution in [3.8, 4) is 0 Å². The van der Waals surface area contributed by atoms with Gasteiger partial charge in [0.15, 0.2) is 0 Å². The summed E-state index contributed by atoms with van der Waals surface area (Å²) < 4.78 is 0. The highest BCUT2D eigenvalue weighted by Crippen LogP contribution is 2.21. The molecule has 0 fully saturated rings. The summed E-state index contributed by atoms with van der Waals surface area (Å²) in [6.45, 7) is 5.80. The van der Waals surface area contributed by atoms with Gasteiger partial charge in [-0.05, 0) is 24.2 Å². The third kappa shape index (κ3) is 5.24. The van der Waals surface area contributed by atoms with E-state index in [9.17, 15) is 4.79 Å². The molecule has 0 radical (unpaired) electrons. The number of rotatable bonds is 7. The van der Waals surface area contributed by atoms with Gasteiger partial charge in [-0.3, -0.25) is 4.79 Å². The van der Waals surface area contributed by atoms with Crippen molar-refractivity contribution in [2.45, 2.75) is 25.3 Å². The van der Waals surface area contributed by atoms with Gasteiger partial charge in [-0.1, -0.05) is 26.0 Å². The number of hydrogen-bond donors (Lipinski definition) is 2. The quantitative estimate of drug-likeness (QED) is 0.730. The molecular weight excluding hydrogens is 232 g/mol. The Morgan fingerprint density at radius 2 is 2.29 bits per heavy atom. The van der Waals surface area contributed by atoms with Crippen LogP contribution in [0.15, 0.2) is 29.2 Å². The number of hydrogen-bond acceptors (Lipinski definition) is 3. The van der Waals surface area contributed by atoms with E-state index in [-0.39, 0.29) is 11.8 Å². The first-order valence-corrected chi connectivity index (χ1v) is 6.83. The molecule has 1 aromatic rings. The van der Waals surface area contributed by atoms with Crippen LogP contribution in [0.5, 0.6) is 0 Å². The first-order valence-electron chi connectivity index (χ1n) is 5.85. The normalized spacial score (nSPS) is 12.4. The first-order chi connectivity index (χ1) is 8.13. The summed E-state index contributed by atoms with van der Waals surface area (Å²) in [5.74, 6) is 0.415. The fourth-order valence-electron chi connectivity index (χ4n) is 1.32. The van der Waals surface area contributed by atoms with Crippen molar-refractivity contribution < 1.29 is 4.79 Å². The van der Waals surface area contributed by atoms with Crippen molar-refractivity contribution in [2.75, 3.05) is 12.3 Å². The molecule has 0 aliphatic heterocycles. The summed E-state index contributed by atoms with van der Waals surface area (Å²) in [5.41, 5.74) is 6.50. The van der Waals surface area contributed by atoms with E-state index in [0.29, 0.717) is 0 Å². The average molecular weight is 252 g/mol. The van der Waals surface area contributed by atoms with E-state index >= 15 is 0 Å². The Kier molecular flexibility index (Phi) is 6.08. The molecule has 17 heavy (non-hydrogen) atoms. The van der Waals surface area contributed by atoms with E-state index in [0.717, 1.165) is 18.8 Å². The fourth-order valence-corrected chi connectivity index (χ4v) is 2.33. The number of thioether (sulfide) groups is 1. The monoisotopic (exact) mass is 252 g/mol. The number of benzene rings is 1. The average Bonchev–Trinajstić information content (AvgIpc) is 2.33. The van der Waals surface area contributed by atoms with Crippen LogP contribution in [0.25, 0.3) is 0 Å². The van der Waals surface area contributed by atoms with Crippen molar-refractivity contribution in [3.63, 3.8) is 0 Å². The minimum absolute atomic E-state index is 0.0857. The maximum absolute atomic E-state index is 10.9. The smallest absolute Gasteiger partial charge is 0.221 e. The van der Waals surface area contributed by atoms with Gasteiger partial charge < -0.3 is 11.1 Å². The van der Waals surface area contributed by atoms with Gasteiger partial charge in [0.1, 0.15) is 0 Å². The van der Waals surface area contributed by atoms with Gasteiger partial charge in [-0.15, -0.1) is 11.8 Å². The zero-order chi connectivity index (χ0) is 12.7. The fraction of sp³-hybridized carbons (Fsp3) is 0.462. The molecule has 3 nitrogen and oxygen atoms in total. The van der Waals surface area contributed by atoms with Crippen LogP contribution in [-0.4, -0.2) is 18.2 Å². The van der Waals surface area contributed by atoms with Gasteiger partial charge in [0.05, 0.1) is 0 Å². The van der Waals surface area contributed by atoms with Crippen molar-refractivity contribution in [1.29, 1.82) is 0 Å². The van der Waals surface area contributed by atoms with Crippen molar-refractivity contribution >= 4 is 17.7 Å². The lowest BCUT2D eigenvalue weighted by Crippen LogP contribution is -2.22. The van der Waals surface area contributed by atoms with Gasteiger partial charge in [0, 0.05) is 23.1 Å². The second-order valence-electron chi connectivity index (χ2n) is 4.04. The Balaban J connectivity index is 2.50. The zero-order valence-corrected chi connectivity index (χ0v) is 11.2. The summed E-state index contributed by atoms with van der Waals surface area (Å²) in [6, 6.07) is 8.36. The summed E-state index contributed by atoms with van der Waals surface area (Å²) in [4.78, 5) is 12.1. The molecule has 1 amide bonds. The van der Waals surface area contributed by atoms with E-state index in [1.807, 2.05) is 13.0 Å². The van der Waals surface area contributed by atoms with Crippen molar-refractivity contribution in [3.05, 3.63) is 29.8 Å². The first kappa shape index (κ1) is 14.1. The molecule has 3 N–H and O–H groups in total. The number of primary amides is 1. The van der Waals surface area contributed by atoms with Crippen molar-refractivity contribution in [2.24, 2.45) is 11.7 Å². The molecule has 1 aromatic carbocycles. The third-order valence-electron chi connectivity index (χ3n) is 2.46. The Morgan fingerprint density at radius 1 is 1.53 bits per heavy atom. The van der Waals surface area contributed by atoms with Crippen LogP contribution in [0.4, 0.5) is 0 Å². The lowest BCUT2D eigenvalue weighted by Gasteiger charge is -2.08. The highest BCUT2D eigenvalue weighted by molar-refractivity contribution is 7.99. The van der Waals surface area contributed by atoms with E-state index < -0.39 is 0 Å². The second kappa shape index (κ2) is 7.35. The van der Waals surface area contributed by atoms with Crippen LogP contribution >= 0.6 is 11.8 Å². The molecule has 0 aliphatic carbocycles. The second-order valence-corrected chi connectivity index (χ2v) is 5.14. The van der Waals surface area contributed by atoms with Crippen molar-refractivity contribution in [1.82, 2.24) is 5.32 Å². The van der Waals surface area contributed by atoms with Gasteiger partial charge in [-0.2, -0.15) is 0 Å². The molecule has 1 unspecified atom stereocenters.